The summed E-state index contributed by atoms with van der Waals surface area (Å²) < 4.78 is 1.88. The Hall–Kier alpha value is -1.02. The smallest absolute Gasteiger partial charge is 0.101 e. The van der Waals surface area contributed by atoms with E-state index in [9.17, 15) is 0 Å². The lowest BCUT2D eigenvalue weighted by Gasteiger charge is -2.10. The monoisotopic (exact) mass is 384 g/mol. The Labute approximate surface area is 127 Å². The number of hydrogen-bond acceptors (Lipinski definition) is 2. The fourth-order valence-electron chi connectivity index (χ4n) is 1.46. The topological polar surface area (TPSA) is 35.8 Å². The number of anilines is 2. The van der Waals surface area contributed by atoms with E-state index >= 15 is 0 Å². The zero-order valence-corrected chi connectivity index (χ0v) is 13.0. The van der Waals surface area contributed by atoms with E-state index in [1.54, 1.807) is 18.2 Å². The number of halogens is 3. The van der Waals surface area contributed by atoms with Crippen LogP contribution in [0.4, 0.5) is 11.4 Å². The molecule has 2 aromatic carbocycles. The summed E-state index contributed by atoms with van der Waals surface area (Å²) in [5.74, 6) is 0. The van der Waals surface area contributed by atoms with E-state index in [0.29, 0.717) is 10.6 Å². The third kappa shape index (κ3) is 3.05. The highest BCUT2D eigenvalue weighted by atomic mass is 79.9. The van der Waals surface area contributed by atoms with Gasteiger partial charge in [-0.3, -0.25) is 0 Å². The molecule has 0 unspecified atom stereocenters. The van der Waals surface area contributed by atoms with Crippen LogP contribution < -0.4 is 5.32 Å². The SMILES string of the molecule is N#Cc1cc(Cl)ccc1Nc1cc(Br)ccc1Br. The second kappa shape index (κ2) is 5.75. The van der Waals surface area contributed by atoms with Gasteiger partial charge in [-0.05, 0) is 52.3 Å². The van der Waals surface area contributed by atoms with Gasteiger partial charge in [0, 0.05) is 14.0 Å². The lowest BCUT2D eigenvalue weighted by atomic mass is 10.2. The maximum Gasteiger partial charge on any atom is 0.101 e. The van der Waals surface area contributed by atoms with Gasteiger partial charge in [-0.25, -0.2) is 0 Å². The van der Waals surface area contributed by atoms with Crippen molar-refractivity contribution in [1.82, 2.24) is 0 Å². The second-order valence-electron chi connectivity index (χ2n) is 3.55. The molecule has 90 valence electrons. The zero-order valence-electron chi connectivity index (χ0n) is 9.05. The summed E-state index contributed by atoms with van der Waals surface area (Å²) in [6.45, 7) is 0. The molecule has 0 amide bonds. The minimum Gasteiger partial charge on any atom is -0.353 e. The number of hydrogen-bond donors (Lipinski definition) is 1. The molecule has 0 spiro atoms. The van der Waals surface area contributed by atoms with Gasteiger partial charge >= 0.3 is 0 Å². The van der Waals surface area contributed by atoms with Crippen LogP contribution in [0.2, 0.25) is 5.02 Å². The Morgan fingerprint density at radius 2 is 1.83 bits per heavy atom. The summed E-state index contributed by atoms with van der Waals surface area (Å²) in [7, 11) is 0. The highest BCUT2D eigenvalue weighted by Gasteiger charge is 2.06. The Morgan fingerprint density at radius 3 is 2.56 bits per heavy atom. The van der Waals surface area contributed by atoms with Crippen molar-refractivity contribution in [3.63, 3.8) is 0 Å². The second-order valence-corrected chi connectivity index (χ2v) is 5.76. The molecule has 0 radical (unpaired) electrons. The molecule has 0 fully saturated rings. The summed E-state index contributed by atoms with van der Waals surface area (Å²) in [4.78, 5) is 0. The highest BCUT2D eigenvalue weighted by molar-refractivity contribution is 9.11. The number of nitrogens with zero attached hydrogens (tertiary/aromatic N) is 1. The van der Waals surface area contributed by atoms with Gasteiger partial charge in [0.05, 0.1) is 16.9 Å². The van der Waals surface area contributed by atoms with Crippen LogP contribution >= 0.6 is 43.5 Å². The average molecular weight is 386 g/mol. The van der Waals surface area contributed by atoms with Crippen LogP contribution in [-0.2, 0) is 0 Å². The van der Waals surface area contributed by atoms with Crippen molar-refractivity contribution in [3.05, 3.63) is 55.9 Å². The van der Waals surface area contributed by atoms with Crippen LogP contribution in [0.25, 0.3) is 0 Å². The van der Waals surface area contributed by atoms with E-state index in [0.717, 1.165) is 20.3 Å². The minimum atomic E-state index is 0.509. The molecule has 18 heavy (non-hydrogen) atoms. The molecule has 0 saturated carbocycles. The maximum atomic E-state index is 9.08. The molecular weight excluding hydrogens is 379 g/mol. The van der Waals surface area contributed by atoms with Crippen LogP contribution in [0.15, 0.2) is 45.3 Å². The molecule has 0 heterocycles. The minimum absolute atomic E-state index is 0.509. The maximum absolute atomic E-state index is 9.08. The van der Waals surface area contributed by atoms with E-state index in [4.69, 9.17) is 16.9 Å². The van der Waals surface area contributed by atoms with Gasteiger partial charge in [0.1, 0.15) is 6.07 Å². The van der Waals surface area contributed by atoms with Crippen molar-refractivity contribution < 1.29 is 0 Å². The van der Waals surface area contributed by atoms with Gasteiger partial charge in [0.15, 0.2) is 0 Å². The largest absolute Gasteiger partial charge is 0.353 e. The number of benzene rings is 2. The molecule has 0 bridgehead atoms. The number of nitrogens with one attached hydrogen (secondary N) is 1. The van der Waals surface area contributed by atoms with Crippen LogP contribution in [0.3, 0.4) is 0 Å². The first-order chi connectivity index (χ1) is 8.60. The molecule has 0 atom stereocenters. The van der Waals surface area contributed by atoms with E-state index in [1.807, 2.05) is 18.2 Å². The molecule has 2 nitrogen and oxygen atoms in total. The van der Waals surface area contributed by atoms with Crippen LogP contribution in [0.1, 0.15) is 5.56 Å². The Morgan fingerprint density at radius 1 is 1.06 bits per heavy atom. The van der Waals surface area contributed by atoms with E-state index in [1.165, 1.54) is 0 Å². The molecule has 0 aliphatic heterocycles. The molecule has 0 aliphatic rings. The molecule has 0 saturated heterocycles. The molecule has 0 aliphatic carbocycles. The fourth-order valence-corrected chi connectivity index (χ4v) is 2.34. The van der Waals surface area contributed by atoms with Crippen molar-refractivity contribution in [2.24, 2.45) is 0 Å². The van der Waals surface area contributed by atoms with Gasteiger partial charge in [-0.2, -0.15) is 5.26 Å². The van der Waals surface area contributed by atoms with E-state index in [2.05, 4.69) is 43.2 Å². The van der Waals surface area contributed by atoms with Crippen molar-refractivity contribution in [3.8, 4) is 6.07 Å². The normalized spacial score (nSPS) is 9.89. The van der Waals surface area contributed by atoms with Gasteiger partial charge in [-0.1, -0.05) is 27.5 Å². The first kappa shape index (κ1) is 13.4. The number of nitriles is 1. The first-order valence-corrected chi connectivity index (χ1v) is 6.98. The standard InChI is InChI=1S/C13H7Br2ClN2/c14-9-1-3-11(15)13(6-9)18-12-4-2-10(16)5-8(12)7-17/h1-6,18H. The molecular formula is C13H7Br2ClN2. The molecule has 5 heteroatoms. The number of rotatable bonds is 2. The third-order valence-electron chi connectivity index (χ3n) is 2.30. The van der Waals surface area contributed by atoms with Gasteiger partial charge in [0.25, 0.3) is 0 Å². The van der Waals surface area contributed by atoms with Gasteiger partial charge < -0.3 is 5.32 Å². The molecule has 2 rings (SSSR count). The summed E-state index contributed by atoms with van der Waals surface area (Å²) >= 11 is 12.7. The van der Waals surface area contributed by atoms with Crippen molar-refractivity contribution in [2.45, 2.75) is 0 Å². The Balaban J connectivity index is 2.40. The van der Waals surface area contributed by atoms with Crippen molar-refractivity contribution in [1.29, 1.82) is 5.26 Å². The summed E-state index contributed by atoms with van der Waals surface area (Å²) in [5, 5.41) is 12.8. The first-order valence-electron chi connectivity index (χ1n) is 5.02. The van der Waals surface area contributed by atoms with Crippen LogP contribution in [0.5, 0.6) is 0 Å². The molecule has 2 aromatic rings. The third-order valence-corrected chi connectivity index (χ3v) is 3.72. The van der Waals surface area contributed by atoms with Crippen LogP contribution in [0, 0.1) is 11.3 Å². The fraction of sp³-hybridized carbons (Fsp3) is 0. The summed E-state index contributed by atoms with van der Waals surface area (Å²) in [6, 6.07) is 13.1. The highest BCUT2D eigenvalue weighted by Crippen LogP contribution is 2.30. The quantitative estimate of drug-likeness (QED) is 0.742. The van der Waals surface area contributed by atoms with Gasteiger partial charge in [-0.15, -0.1) is 0 Å². The van der Waals surface area contributed by atoms with Crippen LogP contribution in [-0.4, -0.2) is 0 Å². The lowest BCUT2D eigenvalue weighted by molar-refractivity contribution is 1.45. The van der Waals surface area contributed by atoms with Crippen molar-refractivity contribution in [2.75, 3.05) is 5.32 Å². The predicted octanol–water partition coefficient (Wildman–Crippen LogP) is 5.48. The van der Waals surface area contributed by atoms with E-state index < -0.39 is 0 Å². The average Bonchev–Trinajstić information content (AvgIpc) is 2.36. The Kier molecular flexibility index (Phi) is 4.28. The lowest BCUT2D eigenvalue weighted by Crippen LogP contribution is -1.94. The van der Waals surface area contributed by atoms with E-state index in [-0.39, 0.29) is 0 Å². The molecule has 0 aromatic heterocycles. The molecule has 1 N–H and O–H groups in total. The summed E-state index contributed by atoms with van der Waals surface area (Å²) in [5.41, 5.74) is 2.11. The van der Waals surface area contributed by atoms with Crippen molar-refractivity contribution >= 4 is 54.8 Å². The Bertz CT molecular complexity index is 635. The summed E-state index contributed by atoms with van der Waals surface area (Å²) in [6.07, 6.45) is 0. The van der Waals surface area contributed by atoms with Gasteiger partial charge in [0.2, 0.25) is 0 Å². The zero-order chi connectivity index (χ0) is 13.1. The predicted molar refractivity (Wildman–Crippen MR) is 81.3 cm³/mol.